The number of benzene rings is 1. The van der Waals surface area contributed by atoms with Gasteiger partial charge in [-0.1, -0.05) is 6.07 Å². The highest BCUT2D eigenvalue weighted by Gasteiger charge is 2.06. The molecule has 6 heteroatoms. The first kappa shape index (κ1) is 11.9. The monoisotopic (exact) mass is 246 g/mol. The highest BCUT2D eigenvalue weighted by atomic mass is 19.1. The Bertz CT molecular complexity index is 607. The molecular weight excluding hydrogens is 238 g/mol. The van der Waals surface area contributed by atoms with Gasteiger partial charge in [0.25, 0.3) is 0 Å². The van der Waals surface area contributed by atoms with Gasteiger partial charge < -0.3 is 5.32 Å². The van der Waals surface area contributed by atoms with Crippen LogP contribution in [0.2, 0.25) is 0 Å². The van der Waals surface area contributed by atoms with E-state index in [0.717, 1.165) is 6.07 Å². The lowest BCUT2D eigenvalue weighted by atomic mass is 10.2. The minimum atomic E-state index is -0.648. The lowest BCUT2D eigenvalue weighted by Gasteiger charge is -2.07. The molecule has 0 unspecified atom stereocenters. The maximum Gasteiger partial charge on any atom is 0.166 e. The number of anilines is 1. The molecule has 2 rings (SSSR count). The molecule has 4 nitrogen and oxygen atoms in total. The van der Waals surface area contributed by atoms with Crippen molar-refractivity contribution in [1.29, 1.82) is 5.26 Å². The van der Waals surface area contributed by atoms with E-state index in [1.165, 1.54) is 24.4 Å². The fourth-order valence-corrected chi connectivity index (χ4v) is 1.40. The Morgan fingerprint density at radius 1 is 1.28 bits per heavy atom. The van der Waals surface area contributed by atoms with E-state index in [0.29, 0.717) is 5.56 Å². The molecule has 0 saturated carbocycles. The van der Waals surface area contributed by atoms with Gasteiger partial charge in [0.2, 0.25) is 0 Å². The fraction of sp³-hybridized carbons (Fsp3) is 0.0833. The fourth-order valence-electron chi connectivity index (χ4n) is 1.40. The molecule has 1 aromatic heterocycles. The van der Waals surface area contributed by atoms with Crippen LogP contribution in [-0.4, -0.2) is 10.2 Å². The highest BCUT2D eigenvalue weighted by molar-refractivity contribution is 5.50. The molecule has 0 saturated heterocycles. The summed E-state index contributed by atoms with van der Waals surface area (Å²) in [6, 6.07) is 6.74. The molecule has 0 fully saturated rings. The lowest BCUT2D eigenvalue weighted by Crippen LogP contribution is -2.06. The zero-order valence-electron chi connectivity index (χ0n) is 9.19. The molecule has 0 atom stereocenters. The van der Waals surface area contributed by atoms with Crippen LogP contribution in [0.5, 0.6) is 0 Å². The number of nitrogens with one attached hydrogen (secondary N) is 1. The van der Waals surface area contributed by atoms with Crippen LogP contribution in [0.15, 0.2) is 30.5 Å². The molecular formula is C12H8F2N4. The van der Waals surface area contributed by atoms with Crippen LogP contribution in [0.1, 0.15) is 11.1 Å². The molecule has 0 radical (unpaired) electrons. The maximum atomic E-state index is 13.4. The van der Waals surface area contributed by atoms with Crippen molar-refractivity contribution in [3.05, 3.63) is 53.2 Å². The Labute approximate surface area is 102 Å². The topological polar surface area (TPSA) is 61.6 Å². The number of nitriles is 1. The van der Waals surface area contributed by atoms with Gasteiger partial charge in [0, 0.05) is 18.2 Å². The van der Waals surface area contributed by atoms with Gasteiger partial charge >= 0.3 is 0 Å². The highest BCUT2D eigenvalue weighted by Crippen LogP contribution is 2.13. The Balaban J connectivity index is 2.14. The normalized spacial score (nSPS) is 9.83. The summed E-state index contributed by atoms with van der Waals surface area (Å²) >= 11 is 0. The van der Waals surface area contributed by atoms with Gasteiger partial charge in [0.05, 0.1) is 11.8 Å². The van der Waals surface area contributed by atoms with E-state index in [9.17, 15) is 8.78 Å². The summed E-state index contributed by atoms with van der Waals surface area (Å²) in [5.74, 6) is -1.01. The Morgan fingerprint density at radius 2 is 2.11 bits per heavy atom. The molecule has 0 spiro atoms. The summed E-state index contributed by atoms with van der Waals surface area (Å²) in [4.78, 5) is 0. The molecule has 18 heavy (non-hydrogen) atoms. The first-order valence-electron chi connectivity index (χ1n) is 5.10. The van der Waals surface area contributed by atoms with E-state index in [-0.39, 0.29) is 17.9 Å². The van der Waals surface area contributed by atoms with E-state index in [1.807, 2.05) is 6.07 Å². The van der Waals surface area contributed by atoms with Crippen LogP contribution >= 0.6 is 0 Å². The van der Waals surface area contributed by atoms with Crippen molar-refractivity contribution in [1.82, 2.24) is 10.2 Å². The molecule has 0 amide bonds. The summed E-state index contributed by atoms with van der Waals surface area (Å²) in [5.41, 5.74) is 0.596. The van der Waals surface area contributed by atoms with Crippen molar-refractivity contribution >= 4 is 5.82 Å². The van der Waals surface area contributed by atoms with Crippen LogP contribution in [0, 0.1) is 23.0 Å². The third kappa shape index (κ3) is 2.58. The third-order valence-corrected chi connectivity index (χ3v) is 2.30. The Hall–Kier alpha value is -2.55. The predicted octanol–water partition coefficient (Wildman–Crippen LogP) is 2.24. The van der Waals surface area contributed by atoms with Crippen LogP contribution in [0.4, 0.5) is 14.6 Å². The summed E-state index contributed by atoms with van der Waals surface area (Å²) < 4.78 is 26.1. The van der Waals surface area contributed by atoms with Crippen molar-refractivity contribution in [3.63, 3.8) is 0 Å². The molecule has 0 aliphatic rings. The number of rotatable bonds is 3. The number of hydrogen-bond acceptors (Lipinski definition) is 4. The number of aromatic nitrogens is 2. The zero-order chi connectivity index (χ0) is 13.0. The minimum Gasteiger partial charge on any atom is -0.363 e. The van der Waals surface area contributed by atoms with Crippen LogP contribution in [-0.2, 0) is 6.54 Å². The molecule has 0 aliphatic carbocycles. The van der Waals surface area contributed by atoms with Crippen molar-refractivity contribution in [2.75, 3.05) is 5.32 Å². The van der Waals surface area contributed by atoms with Crippen molar-refractivity contribution in [2.45, 2.75) is 6.54 Å². The second-order valence-corrected chi connectivity index (χ2v) is 3.49. The standard InChI is InChI=1S/C12H8F2N4/c13-10-2-1-9(11(14)5-10)7-16-12-8(6-15)3-4-17-18-12/h1-5H,7H2,(H,16,18). The van der Waals surface area contributed by atoms with Crippen LogP contribution in [0.3, 0.4) is 0 Å². The largest absolute Gasteiger partial charge is 0.363 e. The van der Waals surface area contributed by atoms with E-state index in [4.69, 9.17) is 5.26 Å². The molecule has 1 aromatic carbocycles. The van der Waals surface area contributed by atoms with Gasteiger partial charge in [-0.05, 0) is 12.1 Å². The molecule has 90 valence electrons. The molecule has 1 N–H and O–H groups in total. The lowest BCUT2D eigenvalue weighted by molar-refractivity contribution is 0.574. The summed E-state index contributed by atoms with van der Waals surface area (Å²) in [6.07, 6.45) is 1.39. The average Bonchev–Trinajstić information content (AvgIpc) is 2.38. The third-order valence-electron chi connectivity index (χ3n) is 2.30. The molecule has 0 bridgehead atoms. The number of nitrogens with zero attached hydrogens (tertiary/aromatic N) is 3. The van der Waals surface area contributed by atoms with Gasteiger partial charge in [-0.15, -0.1) is 5.10 Å². The summed E-state index contributed by atoms with van der Waals surface area (Å²) in [6.45, 7) is 0.0967. The first-order chi connectivity index (χ1) is 8.70. The second kappa shape index (κ2) is 5.19. The smallest absolute Gasteiger partial charge is 0.166 e. The number of hydrogen-bond donors (Lipinski definition) is 1. The van der Waals surface area contributed by atoms with Crippen molar-refractivity contribution in [3.8, 4) is 6.07 Å². The van der Waals surface area contributed by atoms with Crippen molar-refractivity contribution < 1.29 is 8.78 Å². The SMILES string of the molecule is N#Cc1ccnnc1NCc1ccc(F)cc1F. The first-order valence-corrected chi connectivity index (χ1v) is 5.10. The quantitative estimate of drug-likeness (QED) is 0.902. The predicted molar refractivity (Wildman–Crippen MR) is 60.4 cm³/mol. The Kier molecular flexibility index (Phi) is 3.44. The van der Waals surface area contributed by atoms with Crippen LogP contribution < -0.4 is 5.32 Å². The Morgan fingerprint density at radius 3 is 2.83 bits per heavy atom. The van der Waals surface area contributed by atoms with E-state index >= 15 is 0 Å². The van der Waals surface area contributed by atoms with Gasteiger partial charge in [0.15, 0.2) is 5.82 Å². The number of halogens is 2. The zero-order valence-corrected chi connectivity index (χ0v) is 9.19. The van der Waals surface area contributed by atoms with E-state index in [1.54, 1.807) is 0 Å². The van der Waals surface area contributed by atoms with Gasteiger partial charge in [-0.25, -0.2) is 8.78 Å². The van der Waals surface area contributed by atoms with E-state index in [2.05, 4.69) is 15.5 Å². The van der Waals surface area contributed by atoms with Gasteiger partial charge in [-0.2, -0.15) is 10.4 Å². The van der Waals surface area contributed by atoms with Gasteiger partial charge in [0.1, 0.15) is 17.7 Å². The molecule has 2 aromatic rings. The van der Waals surface area contributed by atoms with Gasteiger partial charge in [-0.3, -0.25) is 0 Å². The van der Waals surface area contributed by atoms with E-state index < -0.39 is 11.6 Å². The van der Waals surface area contributed by atoms with Crippen LogP contribution in [0.25, 0.3) is 0 Å². The summed E-state index contributed by atoms with van der Waals surface area (Å²) in [7, 11) is 0. The summed E-state index contributed by atoms with van der Waals surface area (Å²) in [5, 5.41) is 19.0. The van der Waals surface area contributed by atoms with Crippen molar-refractivity contribution in [2.24, 2.45) is 0 Å². The average molecular weight is 246 g/mol. The molecule has 0 aliphatic heterocycles. The maximum absolute atomic E-state index is 13.4. The molecule has 1 heterocycles. The minimum absolute atomic E-state index is 0.0967. The second-order valence-electron chi connectivity index (χ2n) is 3.49.